The number of hydrogen-bond donors (Lipinski definition) is 1. The molecule has 1 N–H and O–H groups in total. The molecule has 0 amide bonds. The number of hydrogen-bond acceptors (Lipinski definition) is 3. The highest BCUT2D eigenvalue weighted by Gasteiger charge is 2.03. The summed E-state index contributed by atoms with van der Waals surface area (Å²) in [7, 11) is 1.92. The predicted octanol–water partition coefficient (Wildman–Crippen LogP) is 0.765. The summed E-state index contributed by atoms with van der Waals surface area (Å²) >= 11 is 1.25. The number of rotatable bonds is 4. The molecule has 0 radical (unpaired) electrons. The van der Waals surface area contributed by atoms with Crippen LogP contribution in [0.25, 0.3) is 0 Å². The SMILES string of the molecule is CNCC(C)Cn1ccsc1=O. The smallest absolute Gasteiger partial charge is 0.307 e. The van der Waals surface area contributed by atoms with E-state index >= 15 is 0 Å². The largest absolute Gasteiger partial charge is 0.319 e. The average Bonchev–Trinajstić information content (AvgIpc) is 2.37. The Hall–Kier alpha value is -0.610. The molecule has 1 rings (SSSR count). The number of thiazole rings is 1. The lowest BCUT2D eigenvalue weighted by atomic mass is 10.2. The summed E-state index contributed by atoms with van der Waals surface area (Å²) in [6, 6.07) is 0. The molecule has 12 heavy (non-hydrogen) atoms. The molecule has 0 fully saturated rings. The van der Waals surface area contributed by atoms with Crippen LogP contribution in [-0.2, 0) is 6.54 Å². The third kappa shape index (κ3) is 2.46. The van der Waals surface area contributed by atoms with Crippen molar-refractivity contribution >= 4 is 11.3 Å². The van der Waals surface area contributed by atoms with E-state index in [1.807, 2.05) is 18.6 Å². The molecule has 0 saturated heterocycles. The lowest BCUT2D eigenvalue weighted by Gasteiger charge is -2.09. The fourth-order valence-electron chi connectivity index (χ4n) is 1.17. The highest BCUT2D eigenvalue weighted by Crippen LogP contribution is 1.98. The summed E-state index contributed by atoms with van der Waals surface area (Å²) in [6.07, 6.45) is 1.85. The second kappa shape index (κ2) is 4.42. The van der Waals surface area contributed by atoms with Crippen molar-refractivity contribution in [1.82, 2.24) is 9.88 Å². The molecule has 4 heteroatoms. The fourth-order valence-corrected chi connectivity index (χ4v) is 1.77. The van der Waals surface area contributed by atoms with Gasteiger partial charge in [0.25, 0.3) is 0 Å². The first-order chi connectivity index (χ1) is 5.74. The fraction of sp³-hybridized carbons (Fsp3) is 0.625. The molecular weight excluding hydrogens is 172 g/mol. The zero-order valence-corrected chi connectivity index (χ0v) is 8.23. The Bertz CT molecular complexity index is 279. The van der Waals surface area contributed by atoms with Crippen LogP contribution in [-0.4, -0.2) is 18.2 Å². The van der Waals surface area contributed by atoms with Crippen LogP contribution in [0, 0.1) is 5.92 Å². The molecule has 1 aromatic heterocycles. The highest BCUT2D eigenvalue weighted by atomic mass is 32.1. The Morgan fingerprint density at radius 1 is 1.75 bits per heavy atom. The van der Waals surface area contributed by atoms with Crippen molar-refractivity contribution in [2.75, 3.05) is 13.6 Å². The average molecular weight is 186 g/mol. The molecule has 3 nitrogen and oxygen atoms in total. The van der Waals surface area contributed by atoms with Crippen molar-refractivity contribution < 1.29 is 0 Å². The van der Waals surface area contributed by atoms with Gasteiger partial charge < -0.3 is 9.88 Å². The van der Waals surface area contributed by atoms with Crippen LogP contribution >= 0.6 is 11.3 Å². The summed E-state index contributed by atoms with van der Waals surface area (Å²) in [5.41, 5.74) is 0. The van der Waals surface area contributed by atoms with Crippen molar-refractivity contribution in [3.63, 3.8) is 0 Å². The predicted molar refractivity (Wildman–Crippen MR) is 51.7 cm³/mol. The van der Waals surface area contributed by atoms with Crippen molar-refractivity contribution in [1.29, 1.82) is 0 Å². The van der Waals surface area contributed by atoms with Crippen molar-refractivity contribution in [2.24, 2.45) is 5.92 Å². The highest BCUT2D eigenvalue weighted by molar-refractivity contribution is 7.07. The molecule has 0 spiro atoms. The minimum atomic E-state index is 0.137. The summed E-state index contributed by atoms with van der Waals surface area (Å²) in [4.78, 5) is 11.3. The second-order valence-corrected chi connectivity index (χ2v) is 3.84. The van der Waals surface area contributed by atoms with E-state index in [1.165, 1.54) is 11.3 Å². The maximum atomic E-state index is 11.1. The van der Waals surface area contributed by atoms with E-state index in [0.29, 0.717) is 5.92 Å². The minimum absolute atomic E-state index is 0.137. The Morgan fingerprint density at radius 2 is 2.50 bits per heavy atom. The van der Waals surface area contributed by atoms with E-state index in [-0.39, 0.29) is 4.87 Å². The second-order valence-electron chi connectivity index (χ2n) is 2.98. The standard InChI is InChI=1S/C8H14N2OS/c1-7(5-9-2)6-10-3-4-12-8(10)11/h3-4,7,9H,5-6H2,1-2H3. The molecule has 0 aliphatic rings. The van der Waals surface area contributed by atoms with E-state index in [9.17, 15) is 4.79 Å². The van der Waals surface area contributed by atoms with E-state index in [2.05, 4.69) is 12.2 Å². The van der Waals surface area contributed by atoms with Crippen molar-refractivity contribution in [3.05, 3.63) is 21.2 Å². The Balaban J connectivity index is 2.52. The molecule has 1 aromatic rings. The maximum absolute atomic E-state index is 11.1. The summed E-state index contributed by atoms with van der Waals surface area (Å²) in [5, 5.41) is 4.92. The first-order valence-electron chi connectivity index (χ1n) is 4.02. The Kier molecular flexibility index (Phi) is 3.49. The van der Waals surface area contributed by atoms with Gasteiger partial charge in [-0.15, -0.1) is 0 Å². The van der Waals surface area contributed by atoms with E-state index < -0.39 is 0 Å². The summed E-state index contributed by atoms with van der Waals surface area (Å²) < 4.78 is 1.76. The van der Waals surface area contributed by atoms with Crippen molar-refractivity contribution in [2.45, 2.75) is 13.5 Å². The molecule has 0 aromatic carbocycles. The van der Waals surface area contributed by atoms with Gasteiger partial charge in [-0.3, -0.25) is 4.79 Å². The van der Waals surface area contributed by atoms with Gasteiger partial charge in [-0.05, 0) is 19.5 Å². The first kappa shape index (κ1) is 9.48. The molecule has 1 heterocycles. The minimum Gasteiger partial charge on any atom is -0.319 e. The van der Waals surface area contributed by atoms with Crippen LogP contribution in [0.2, 0.25) is 0 Å². The lowest BCUT2D eigenvalue weighted by molar-refractivity contribution is 0.459. The molecule has 0 aliphatic carbocycles. The zero-order valence-electron chi connectivity index (χ0n) is 7.41. The molecule has 0 aliphatic heterocycles. The van der Waals surface area contributed by atoms with Gasteiger partial charge in [0.15, 0.2) is 0 Å². The van der Waals surface area contributed by atoms with Crippen LogP contribution in [0.3, 0.4) is 0 Å². The van der Waals surface area contributed by atoms with Gasteiger partial charge in [-0.25, -0.2) is 0 Å². The van der Waals surface area contributed by atoms with Gasteiger partial charge in [-0.1, -0.05) is 18.3 Å². The molecule has 68 valence electrons. The van der Waals surface area contributed by atoms with E-state index in [0.717, 1.165) is 13.1 Å². The molecule has 1 atom stereocenters. The van der Waals surface area contributed by atoms with Gasteiger partial charge in [0.2, 0.25) is 0 Å². The summed E-state index contributed by atoms with van der Waals surface area (Å²) in [6.45, 7) is 3.88. The van der Waals surface area contributed by atoms with Gasteiger partial charge in [0.1, 0.15) is 0 Å². The topological polar surface area (TPSA) is 34.0 Å². The van der Waals surface area contributed by atoms with E-state index in [1.54, 1.807) is 4.57 Å². The van der Waals surface area contributed by atoms with Crippen LogP contribution in [0.5, 0.6) is 0 Å². The van der Waals surface area contributed by atoms with Gasteiger partial charge in [0.05, 0.1) is 0 Å². The maximum Gasteiger partial charge on any atom is 0.307 e. The molecule has 1 unspecified atom stereocenters. The van der Waals surface area contributed by atoms with Crippen LogP contribution in [0.1, 0.15) is 6.92 Å². The van der Waals surface area contributed by atoms with Gasteiger partial charge in [0, 0.05) is 18.1 Å². The zero-order chi connectivity index (χ0) is 8.97. The third-order valence-corrected chi connectivity index (χ3v) is 2.40. The normalized spacial score (nSPS) is 13.2. The summed E-state index contributed by atoms with van der Waals surface area (Å²) in [5.74, 6) is 0.502. The Morgan fingerprint density at radius 3 is 3.00 bits per heavy atom. The van der Waals surface area contributed by atoms with Gasteiger partial charge in [-0.2, -0.15) is 0 Å². The number of nitrogens with one attached hydrogen (secondary N) is 1. The van der Waals surface area contributed by atoms with Crippen LogP contribution < -0.4 is 10.2 Å². The van der Waals surface area contributed by atoms with Crippen LogP contribution in [0.4, 0.5) is 0 Å². The third-order valence-electron chi connectivity index (χ3n) is 1.71. The van der Waals surface area contributed by atoms with E-state index in [4.69, 9.17) is 0 Å². The quantitative estimate of drug-likeness (QED) is 0.753. The van der Waals surface area contributed by atoms with Gasteiger partial charge >= 0.3 is 4.87 Å². The Labute approximate surface area is 76.0 Å². The first-order valence-corrected chi connectivity index (χ1v) is 4.90. The monoisotopic (exact) mass is 186 g/mol. The lowest BCUT2D eigenvalue weighted by Crippen LogP contribution is -2.24. The van der Waals surface area contributed by atoms with Crippen molar-refractivity contribution in [3.8, 4) is 0 Å². The molecule has 0 saturated carbocycles. The number of aromatic nitrogens is 1. The van der Waals surface area contributed by atoms with Crippen LogP contribution in [0.15, 0.2) is 16.4 Å². The molecular formula is C8H14N2OS. The number of nitrogens with zero attached hydrogens (tertiary/aromatic N) is 1. The molecule has 0 bridgehead atoms.